The number of fused-ring (bicyclic) bond motifs is 5. The zero-order valence-electron chi connectivity index (χ0n) is 56.7. The van der Waals surface area contributed by atoms with Crippen LogP contribution in [-0.2, 0) is 65.7 Å². The number of aryl methyl sites for hydroxylation is 2. The van der Waals surface area contributed by atoms with E-state index in [1.807, 2.05) is 0 Å². The van der Waals surface area contributed by atoms with E-state index in [0.29, 0.717) is 141 Å². The second kappa shape index (κ2) is 37.0. The van der Waals surface area contributed by atoms with E-state index in [4.69, 9.17) is 11.5 Å². The van der Waals surface area contributed by atoms with Crippen LogP contribution in [0.1, 0.15) is 166 Å². The van der Waals surface area contributed by atoms with Crippen LogP contribution < -0.4 is 75.3 Å². The average molecular weight is 1400 g/mol. The number of aliphatic carboxylic acids is 1. The zero-order valence-corrected chi connectivity index (χ0v) is 56.7. The van der Waals surface area contributed by atoms with E-state index >= 15 is 28.0 Å². The quantitative estimate of drug-likeness (QED) is 0.0805. The molecule has 0 spiro atoms. The molecule has 3 aliphatic carbocycles. The van der Waals surface area contributed by atoms with Crippen molar-refractivity contribution in [2.75, 3.05) is 45.9 Å². The topological polar surface area (TPSA) is 459 Å². The molecule has 1 aromatic rings. The lowest BCUT2D eigenvalue weighted by molar-refractivity contribution is -0.143. The molecule has 552 valence electrons. The van der Waals surface area contributed by atoms with Crippen molar-refractivity contribution in [3.63, 3.8) is 0 Å². The highest BCUT2D eigenvalue weighted by atomic mass is 19.1. The third-order valence-corrected chi connectivity index (χ3v) is 21.7. The van der Waals surface area contributed by atoms with Crippen LogP contribution in [0.25, 0.3) is 0 Å². The van der Waals surface area contributed by atoms with Gasteiger partial charge in [-0.15, -0.1) is 5.10 Å². The summed E-state index contributed by atoms with van der Waals surface area (Å²) in [6.45, 7) is 1.53. The third kappa shape index (κ3) is 22.2. The summed E-state index contributed by atoms with van der Waals surface area (Å²) in [4.78, 5) is 158. The van der Waals surface area contributed by atoms with Gasteiger partial charge in [0.2, 0.25) is 59.1 Å². The number of nitrogens with one attached hydrogen (secondary N) is 12. The van der Waals surface area contributed by atoms with Crippen molar-refractivity contribution in [1.29, 1.82) is 0 Å². The Kier molecular flexibility index (Phi) is 28.5. The molecular weight excluding hydrogens is 1290 g/mol. The fourth-order valence-electron chi connectivity index (χ4n) is 16.2. The second-order valence-corrected chi connectivity index (χ2v) is 28.9. The number of alkyl halides is 2. The third-order valence-electron chi connectivity index (χ3n) is 21.7. The number of carbonyl (C=O) groups excluding carboxylic acids is 10. The Morgan fingerprint density at radius 3 is 1.83 bits per heavy atom. The molecule has 17 atom stereocenters. The monoisotopic (exact) mass is 1400 g/mol. The zero-order chi connectivity index (χ0) is 70.7. The number of aliphatic hydroxyl groups is 1. The normalized spacial score (nSPS) is 35.1. The number of amides is 10. The number of aliphatic hydroxyl groups excluding tert-OH is 1. The fourth-order valence-corrected chi connectivity index (χ4v) is 16.2. The number of nitrogens with zero attached hydrogens (tertiary/aromatic N) is 4. The Morgan fingerprint density at radius 2 is 1.20 bits per heavy atom. The molecule has 0 aromatic carbocycles. The Hall–Kier alpha value is -7.07. The van der Waals surface area contributed by atoms with Crippen molar-refractivity contribution >= 4 is 65.0 Å². The molecule has 9 unspecified atom stereocenters. The molecule has 8 aliphatic rings. The van der Waals surface area contributed by atoms with Crippen molar-refractivity contribution in [2.45, 2.75) is 258 Å². The highest BCUT2D eigenvalue weighted by molar-refractivity contribution is 5.99. The van der Waals surface area contributed by atoms with E-state index in [-0.39, 0.29) is 107 Å². The summed E-state index contributed by atoms with van der Waals surface area (Å²) in [6, 6.07) is -11.5. The number of rotatable bonds is 15. The van der Waals surface area contributed by atoms with Crippen molar-refractivity contribution in [3.05, 3.63) is 11.9 Å². The van der Waals surface area contributed by atoms with Crippen molar-refractivity contribution in [2.24, 2.45) is 41.1 Å². The van der Waals surface area contributed by atoms with Crippen molar-refractivity contribution < 1.29 is 71.7 Å². The van der Waals surface area contributed by atoms with Gasteiger partial charge in [-0.1, -0.05) is 5.21 Å². The Morgan fingerprint density at radius 1 is 0.586 bits per heavy atom. The van der Waals surface area contributed by atoms with Crippen LogP contribution in [0.5, 0.6) is 0 Å². The molecule has 6 heterocycles. The summed E-state index contributed by atoms with van der Waals surface area (Å²) >= 11 is 0. The van der Waals surface area contributed by atoms with Gasteiger partial charge < -0.3 is 90.4 Å². The number of nitrogens with two attached hydrogens (primary N) is 2. The van der Waals surface area contributed by atoms with Crippen LogP contribution in [0.3, 0.4) is 0 Å². The molecule has 10 amide bonds. The minimum Gasteiger partial charge on any atom is -0.481 e. The second-order valence-electron chi connectivity index (χ2n) is 28.9. The van der Waals surface area contributed by atoms with Gasteiger partial charge in [0.15, 0.2) is 0 Å². The molecule has 18 N–H and O–H groups in total. The van der Waals surface area contributed by atoms with Crippen LogP contribution in [-0.4, -0.2) is 226 Å². The maximum absolute atomic E-state index is 15.3. The number of aromatic nitrogens is 3. The van der Waals surface area contributed by atoms with Crippen LogP contribution in [0.4, 0.5) is 8.78 Å². The molecule has 33 heteroatoms. The van der Waals surface area contributed by atoms with Crippen molar-refractivity contribution in [3.8, 4) is 0 Å². The lowest BCUT2D eigenvalue weighted by Gasteiger charge is -2.34. The molecule has 5 aliphatic heterocycles. The van der Waals surface area contributed by atoms with Gasteiger partial charge in [-0.25, -0.2) is 8.78 Å². The van der Waals surface area contributed by atoms with Gasteiger partial charge in [0.1, 0.15) is 60.7 Å². The van der Waals surface area contributed by atoms with E-state index in [1.54, 1.807) is 10.9 Å². The maximum Gasteiger partial charge on any atom is 0.305 e. The first-order valence-corrected chi connectivity index (χ1v) is 36.2. The molecule has 9 rings (SSSR count). The molecule has 3 saturated carbocycles. The Bertz CT molecular complexity index is 2960. The summed E-state index contributed by atoms with van der Waals surface area (Å²) in [5, 5.41) is 64.4. The minimum absolute atomic E-state index is 0.0368. The van der Waals surface area contributed by atoms with Crippen molar-refractivity contribution in [1.82, 2.24) is 83.7 Å². The van der Waals surface area contributed by atoms with Gasteiger partial charge in [-0.05, 0) is 203 Å². The number of halogens is 2. The largest absolute Gasteiger partial charge is 0.481 e. The van der Waals surface area contributed by atoms with Crippen LogP contribution in [0.15, 0.2) is 6.20 Å². The summed E-state index contributed by atoms with van der Waals surface area (Å²) in [7, 11) is 0. The first-order chi connectivity index (χ1) is 47.6. The standard InChI is InChI=1S/C66H106F2N18O13/c67-39-14-18-46-44(26-39)37(30-72-46)24-50-61(94)79-51(25-38-31-73-47-19-15-40(68)27-45(38)47)62(95)81-53(29-58(90)91)64(97)80-52(28-42-32-71-35-75-42)63(96)82-54(23-36-12-16-43(87)17-13-36)66(99)86-22-6-10-55(86)65(98)78-48(59(70)92)9-5-7-41-34-85(84-83-41)21-4-2-11-56(88)76-49(8-1-3-20-69)60(93)74-33-57(89)77-50/h34,36-40,42-55,71-73,75,87H,1-33,35,69H2,(H2,70,92)(H,74,93)(H,76,88)(H,77,89)(H,78,98)(H,79,94)(H,80,97)(H,81,95)(H,82,96)(H,90,91)/t36?,37?,38?,39?,40?,42?,43?,44?,45?,46?,47?,48-,49-,50-,51-,52-,53-,54-,55-/m0/s1. The van der Waals surface area contributed by atoms with Gasteiger partial charge in [0.05, 0.1) is 24.8 Å². The van der Waals surface area contributed by atoms with Gasteiger partial charge in [0.25, 0.3) is 0 Å². The lowest BCUT2D eigenvalue weighted by Crippen LogP contribution is -2.61. The fraction of sp³-hybridized carbons (Fsp3) is 0.803. The molecule has 99 heavy (non-hydrogen) atoms. The van der Waals surface area contributed by atoms with Gasteiger partial charge in [-0.3, -0.25) is 57.4 Å². The molecular formula is C66H106F2N18O13. The number of hydrogen-bond acceptors (Lipinski definition) is 19. The molecule has 31 nitrogen and oxygen atoms in total. The number of primary amides is 1. The van der Waals surface area contributed by atoms with Gasteiger partial charge in [-0.2, -0.15) is 0 Å². The van der Waals surface area contributed by atoms with E-state index in [0.717, 1.165) is 0 Å². The molecule has 1 aromatic heterocycles. The summed E-state index contributed by atoms with van der Waals surface area (Å²) in [5.74, 6) is -10.8. The predicted molar refractivity (Wildman–Crippen MR) is 354 cm³/mol. The summed E-state index contributed by atoms with van der Waals surface area (Å²) in [6.07, 6.45) is 5.25. The molecule has 4 saturated heterocycles. The number of hydrogen-bond donors (Lipinski definition) is 16. The smallest absolute Gasteiger partial charge is 0.305 e. The lowest BCUT2D eigenvalue weighted by atomic mass is 9.76. The summed E-state index contributed by atoms with van der Waals surface area (Å²) < 4.78 is 32.0. The molecule has 7 fully saturated rings. The van der Waals surface area contributed by atoms with E-state index in [1.165, 1.54) is 4.90 Å². The van der Waals surface area contributed by atoms with Gasteiger partial charge in [0, 0.05) is 57.0 Å². The average Bonchev–Trinajstić information content (AvgIpc) is 1.60. The number of carboxylic acids is 1. The van der Waals surface area contributed by atoms with Crippen LogP contribution in [0.2, 0.25) is 0 Å². The van der Waals surface area contributed by atoms with Gasteiger partial charge >= 0.3 is 5.97 Å². The Labute approximate surface area is 575 Å². The van der Waals surface area contributed by atoms with Crippen LogP contribution >= 0.6 is 0 Å². The van der Waals surface area contributed by atoms with E-state index in [2.05, 4.69) is 74.1 Å². The number of carboxylic acid groups (broad SMARTS) is 1. The highest BCUT2D eigenvalue weighted by Crippen LogP contribution is 2.40. The molecule has 0 radical (unpaired) electrons. The van der Waals surface area contributed by atoms with E-state index in [9.17, 15) is 43.8 Å². The minimum atomic E-state index is -1.90. The van der Waals surface area contributed by atoms with E-state index < -0.39 is 157 Å². The predicted octanol–water partition coefficient (Wildman–Crippen LogP) is -2.54. The first kappa shape index (κ1) is 76.1. The summed E-state index contributed by atoms with van der Waals surface area (Å²) in [5.41, 5.74) is 12.2. The highest BCUT2D eigenvalue weighted by Gasteiger charge is 2.47. The van der Waals surface area contributed by atoms with Crippen LogP contribution in [0, 0.1) is 29.6 Å². The molecule has 2 bridgehead atoms. The Balaban J connectivity index is 1.01. The number of carbonyl (C=O) groups is 11. The first-order valence-electron chi connectivity index (χ1n) is 36.2. The maximum atomic E-state index is 15.3. The number of unbranched alkanes of at least 4 members (excludes halogenated alkanes) is 1. The SMILES string of the molecule is NCCCC[C@@H]1NC(=O)CCCCn2cc(nn2)CCC[C@@H](C(N)=O)NC(=O)[C@@H]2CCCN2C(=O)[C@H](CC2CCC(O)CC2)NC(=O)[C@H](CC2CNCN2)NC(=O)[C@H](CC(=O)O)NC(=O)[C@H](CC2CNC3CCC(F)CC23)NC(=O)[C@H](CC2CNC3CCC(F)CC23)NC(=O)CNC1=O.